The highest BCUT2D eigenvalue weighted by atomic mass is 32.2. The molecule has 0 saturated carbocycles. The Balaban J connectivity index is 0.000000383. The fraction of sp³-hybridized carbons (Fsp3) is 0.139. The number of halogens is 15. The van der Waals surface area contributed by atoms with Gasteiger partial charge in [-0.15, -0.1) is 0 Å². The molecule has 0 amide bonds. The van der Waals surface area contributed by atoms with Gasteiger partial charge in [0, 0.05) is 15.4 Å². The Kier molecular flexibility index (Phi) is 13.8. The highest BCUT2D eigenvalue weighted by Crippen LogP contribution is 2.54. The third-order valence-electron chi connectivity index (χ3n) is 7.62. The van der Waals surface area contributed by atoms with Gasteiger partial charge in [-0.1, -0.05) is 48.2 Å². The molecule has 0 aliphatic carbocycles. The standard InChI is InChI=1S/C32H19F6O2S2.C4HF9O3S/c1-40-19-10-14-21(15-11-19)42(32-29(37)27(35)26(34)28(36)30(32)38)22-16-12-20(13-17-22)41-24-9-5-8-23(33)25(24)31(39)18-6-3-2-4-7-18;5-1(6,3(9,10)11)2(7,8)4(12,13)17(14,15)16/h2-17H,1H3;(H,14,15,16)/q+1;/p-1. The molecule has 0 aromatic heterocycles. The second kappa shape index (κ2) is 17.4. The number of carbonyl (C=O) groups excluding carboxylic acids is 1. The average molecular weight is 913 g/mol. The predicted octanol–water partition coefficient (Wildman–Crippen LogP) is 11.0. The van der Waals surface area contributed by atoms with Crippen molar-refractivity contribution in [2.45, 2.75) is 47.8 Å². The van der Waals surface area contributed by atoms with Crippen LogP contribution < -0.4 is 4.74 Å². The van der Waals surface area contributed by atoms with E-state index in [9.17, 15) is 74.8 Å². The van der Waals surface area contributed by atoms with Gasteiger partial charge in [0.05, 0.1) is 12.7 Å². The molecular formula is C36H19F15O5S3. The molecule has 316 valence electrons. The molecule has 0 N–H and O–H groups in total. The largest absolute Gasteiger partial charge is 0.743 e. The van der Waals surface area contributed by atoms with Crippen molar-refractivity contribution in [3.8, 4) is 5.75 Å². The second-order valence-electron chi connectivity index (χ2n) is 11.4. The number of methoxy groups -OCH3 is 1. The zero-order chi connectivity index (χ0) is 44.5. The Labute approximate surface area is 329 Å². The van der Waals surface area contributed by atoms with Gasteiger partial charge in [0.2, 0.25) is 34.0 Å². The van der Waals surface area contributed by atoms with Crippen LogP contribution in [0.4, 0.5) is 65.9 Å². The normalized spacial score (nSPS) is 13.0. The minimum absolute atomic E-state index is 0.114. The fourth-order valence-electron chi connectivity index (χ4n) is 4.68. The smallest absolute Gasteiger partial charge is 0.460 e. The van der Waals surface area contributed by atoms with Gasteiger partial charge in [-0.3, -0.25) is 4.79 Å². The lowest BCUT2D eigenvalue weighted by atomic mass is 10.0. The summed E-state index contributed by atoms with van der Waals surface area (Å²) in [5.74, 6) is -25.7. The first-order valence-corrected chi connectivity index (χ1v) is 18.9. The summed E-state index contributed by atoms with van der Waals surface area (Å²) in [4.78, 5) is 13.5. The van der Waals surface area contributed by atoms with Crippen molar-refractivity contribution in [3.63, 3.8) is 0 Å². The third-order valence-corrected chi connectivity index (χ3v) is 11.8. The van der Waals surface area contributed by atoms with Crippen LogP contribution in [-0.2, 0) is 21.0 Å². The van der Waals surface area contributed by atoms with Crippen LogP contribution in [-0.4, -0.2) is 49.1 Å². The van der Waals surface area contributed by atoms with Crippen LogP contribution in [0, 0.1) is 34.9 Å². The molecule has 1 unspecified atom stereocenters. The summed E-state index contributed by atoms with van der Waals surface area (Å²) in [7, 11) is -7.74. The van der Waals surface area contributed by atoms with Gasteiger partial charge < -0.3 is 9.29 Å². The maximum atomic E-state index is 15.0. The topological polar surface area (TPSA) is 83.5 Å². The van der Waals surface area contributed by atoms with Crippen LogP contribution >= 0.6 is 11.8 Å². The molecule has 0 bridgehead atoms. The molecule has 5 rings (SSSR count). The van der Waals surface area contributed by atoms with Crippen molar-refractivity contribution < 1.29 is 88.4 Å². The summed E-state index contributed by atoms with van der Waals surface area (Å²) >= 11 is 1.09. The summed E-state index contributed by atoms with van der Waals surface area (Å²) in [6.45, 7) is 0. The molecule has 5 aromatic carbocycles. The van der Waals surface area contributed by atoms with Crippen LogP contribution in [0.5, 0.6) is 5.75 Å². The van der Waals surface area contributed by atoms with E-state index in [0.29, 0.717) is 21.1 Å². The van der Waals surface area contributed by atoms with Crippen LogP contribution in [0.2, 0.25) is 0 Å². The maximum absolute atomic E-state index is 15.0. The van der Waals surface area contributed by atoms with Crippen molar-refractivity contribution >= 4 is 38.6 Å². The van der Waals surface area contributed by atoms with Crippen LogP contribution in [0.15, 0.2) is 122 Å². The Morgan fingerprint density at radius 2 is 1.10 bits per heavy atom. The van der Waals surface area contributed by atoms with Gasteiger partial charge in [-0.2, -0.15) is 48.3 Å². The summed E-state index contributed by atoms with van der Waals surface area (Å²) in [5, 5.41) is -7.11. The quantitative estimate of drug-likeness (QED) is 0.0328. The highest BCUT2D eigenvalue weighted by molar-refractivity contribution is 7.99. The van der Waals surface area contributed by atoms with E-state index >= 15 is 8.78 Å². The monoisotopic (exact) mass is 912 g/mol. The van der Waals surface area contributed by atoms with Gasteiger partial charge >= 0.3 is 23.3 Å². The van der Waals surface area contributed by atoms with Gasteiger partial charge in [0.15, 0.2) is 25.7 Å². The van der Waals surface area contributed by atoms with Crippen LogP contribution in [0.25, 0.3) is 0 Å². The van der Waals surface area contributed by atoms with Crippen molar-refractivity contribution in [3.05, 3.63) is 143 Å². The summed E-state index contributed by atoms with van der Waals surface area (Å²) in [6.07, 6.45) is -7.16. The Morgan fingerprint density at radius 1 is 0.627 bits per heavy atom. The Bertz CT molecular complexity index is 2400. The number of ketones is 1. The van der Waals surface area contributed by atoms with E-state index in [2.05, 4.69) is 0 Å². The van der Waals surface area contributed by atoms with E-state index < -0.39 is 89.9 Å². The van der Waals surface area contributed by atoms with Gasteiger partial charge in [0.1, 0.15) is 22.5 Å². The zero-order valence-corrected chi connectivity index (χ0v) is 31.1. The predicted molar refractivity (Wildman–Crippen MR) is 179 cm³/mol. The molecule has 0 radical (unpaired) electrons. The number of alkyl halides is 9. The summed E-state index contributed by atoms with van der Waals surface area (Å²) in [5.41, 5.74) is 0.198. The molecule has 5 aromatic rings. The number of hydrogen-bond donors (Lipinski definition) is 0. The van der Waals surface area contributed by atoms with Crippen LogP contribution in [0.3, 0.4) is 0 Å². The first-order chi connectivity index (χ1) is 27.2. The van der Waals surface area contributed by atoms with E-state index in [0.717, 1.165) is 11.8 Å². The molecule has 23 heteroatoms. The van der Waals surface area contributed by atoms with E-state index in [4.69, 9.17) is 4.74 Å². The minimum Gasteiger partial charge on any atom is -0.743 e. The average Bonchev–Trinajstić information content (AvgIpc) is 3.18. The van der Waals surface area contributed by atoms with E-state index in [-0.39, 0.29) is 15.4 Å². The van der Waals surface area contributed by atoms with Crippen LogP contribution in [0.1, 0.15) is 15.9 Å². The highest BCUT2D eigenvalue weighted by Gasteiger charge is 2.83. The van der Waals surface area contributed by atoms with Crippen molar-refractivity contribution in [2.75, 3.05) is 7.11 Å². The Morgan fingerprint density at radius 3 is 1.56 bits per heavy atom. The first-order valence-electron chi connectivity index (χ1n) is 15.4. The molecule has 5 nitrogen and oxygen atoms in total. The number of ether oxygens (including phenoxy) is 1. The van der Waals surface area contributed by atoms with Gasteiger partial charge in [-0.05, 0) is 60.7 Å². The van der Waals surface area contributed by atoms with Crippen molar-refractivity contribution in [1.82, 2.24) is 0 Å². The Hall–Kier alpha value is -4.87. The van der Waals surface area contributed by atoms with Gasteiger partial charge in [-0.25, -0.2) is 26.0 Å². The van der Waals surface area contributed by atoms with Crippen molar-refractivity contribution in [1.29, 1.82) is 0 Å². The molecule has 0 aliphatic rings. The third kappa shape index (κ3) is 9.16. The lowest BCUT2D eigenvalue weighted by Gasteiger charge is -2.34. The lowest BCUT2D eigenvalue weighted by molar-refractivity contribution is -0.382. The zero-order valence-electron chi connectivity index (χ0n) is 28.7. The molecule has 0 aliphatic heterocycles. The molecular weight excluding hydrogens is 894 g/mol. The minimum atomic E-state index is -7.43. The number of benzene rings is 5. The van der Waals surface area contributed by atoms with Crippen molar-refractivity contribution in [2.24, 2.45) is 0 Å². The molecule has 0 fully saturated rings. The molecule has 0 saturated heterocycles. The fourth-order valence-corrected chi connectivity index (χ4v) is 8.18. The summed E-state index contributed by atoms with van der Waals surface area (Å²) < 4.78 is 228. The van der Waals surface area contributed by atoms with E-state index in [1.807, 2.05) is 0 Å². The lowest BCUT2D eigenvalue weighted by Crippen LogP contribution is -2.63. The second-order valence-corrected chi connectivity index (χ2v) is 15.9. The number of carbonyl (C=O) groups is 1. The van der Waals surface area contributed by atoms with E-state index in [1.54, 1.807) is 48.5 Å². The first kappa shape index (κ1) is 46.8. The molecule has 59 heavy (non-hydrogen) atoms. The maximum Gasteiger partial charge on any atom is 0.460 e. The number of rotatable bonds is 11. The molecule has 0 heterocycles. The molecule has 0 spiro atoms. The number of hydrogen-bond acceptors (Lipinski definition) is 6. The van der Waals surface area contributed by atoms with E-state index in [1.165, 1.54) is 55.6 Å². The SMILES string of the molecule is COc1ccc([S+](c2ccc(Sc3cccc(F)c3C(=O)c3ccccc3)cc2)c2c(F)c(F)c(F)c(F)c2F)cc1.O=S(=O)([O-])C(F)(F)C(F)(F)C(F)(F)C(F)(F)F. The van der Waals surface area contributed by atoms with Gasteiger partial charge in [0.25, 0.3) is 0 Å². The molecule has 1 atom stereocenters. The summed E-state index contributed by atoms with van der Waals surface area (Å²) in [6, 6.07) is 24.6.